The molecule has 27 heavy (non-hydrogen) atoms. The number of piperidine rings is 1. The minimum absolute atomic E-state index is 0.131. The molecule has 0 unspecified atom stereocenters. The first-order valence-corrected chi connectivity index (χ1v) is 10.3. The topological polar surface area (TPSA) is 54.0 Å². The molecule has 0 aromatic heterocycles. The fourth-order valence-corrected chi connectivity index (χ4v) is 4.33. The zero-order valence-corrected chi connectivity index (χ0v) is 16.1. The van der Waals surface area contributed by atoms with E-state index in [2.05, 4.69) is 21.2 Å². The van der Waals surface area contributed by atoms with Crippen molar-refractivity contribution in [1.29, 1.82) is 0 Å². The van der Waals surface area contributed by atoms with Crippen LogP contribution in [0.3, 0.4) is 0 Å². The molecule has 0 aliphatic carbocycles. The molecule has 2 saturated heterocycles. The molecule has 1 aromatic carbocycles. The summed E-state index contributed by atoms with van der Waals surface area (Å²) in [5.74, 6) is 1.07. The number of nitrogens with zero attached hydrogens (tertiary/aromatic N) is 2. The third-order valence-corrected chi connectivity index (χ3v) is 5.84. The molecule has 0 radical (unpaired) electrons. The second kappa shape index (κ2) is 9.04. The van der Waals surface area contributed by atoms with Crippen LogP contribution < -0.4 is 10.1 Å². The first-order chi connectivity index (χ1) is 13.3. The highest BCUT2D eigenvalue weighted by Gasteiger charge is 2.25. The van der Waals surface area contributed by atoms with E-state index < -0.39 is 0 Å². The highest BCUT2D eigenvalue weighted by atomic mass is 16.5. The lowest BCUT2D eigenvalue weighted by Crippen LogP contribution is -2.48. The lowest BCUT2D eigenvalue weighted by atomic mass is 10.0. The van der Waals surface area contributed by atoms with Crippen molar-refractivity contribution in [3.05, 3.63) is 29.8 Å². The monoisotopic (exact) mass is 373 g/mol. The van der Waals surface area contributed by atoms with E-state index in [0.717, 1.165) is 63.5 Å². The molecule has 6 heteroatoms. The van der Waals surface area contributed by atoms with E-state index in [1.54, 1.807) is 0 Å². The number of hydrogen-bond donors (Lipinski definition) is 1. The van der Waals surface area contributed by atoms with Gasteiger partial charge < -0.3 is 19.7 Å². The summed E-state index contributed by atoms with van der Waals surface area (Å²) in [5.41, 5.74) is 1.16. The van der Waals surface area contributed by atoms with Crippen LogP contribution in [0.15, 0.2) is 24.3 Å². The van der Waals surface area contributed by atoms with Gasteiger partial charge in [0.15, 0.2) is 0 Å². The van der Waals surface area contributed by atoms with E-state index in [-0.39, 0.29) is 5.91 Å². The molecule has 1 aromatic rings. The molecule has 0 spiro atoms. The summed E-state index contributed by atoms with van der Waals surface area (Å²) in [5, 5.41) is 3.25. The Hall–Kier alpha value is -1.63. The van der Waals surface area contributed by atoms with Crippen molar-refractivity contribution in [2.45, 2.75) is 44.4 Å². The molecular weight excluding hydrogens is 342 g/mol. The van der Waals surface area contributed by atoms with E-state index in [1.165, 1.54) is 12.8 Å². The summed E-state index contributed by atoms with van der Waals surface area (Å²) in [4.78, 5) is 17.2. The number of ether oxygens (including phenoxy) is 2. The molecule has 148 valence electrons. The third-order valence-electron chi connectivity index (χ3n) is 5.84. The molecule has 1 amide bonds. The average Bonchev–Trinajstić information content (AvgIpc) is 3.09. The number of likely N-dealkylation sites (tertiary alicyclic amines) is 1. The van der Waals surface area contributed by atoms with Crippen molar-refractivity contribution in [2.75, 3.05) is 45.9 Å². The van der Waals surface area contributed by atoms with Gasteiger partial charge in [-0.2, -0.15) is 0 Å². The average molecular weight is 373 g/mol. The third kappa shape index (κ3) is 5.21. The Morgan fingerprint density at radius 1 is 1.07 bits per heavy atom. The first-order valence-electron chi connectivity index (χ1n) is 10.3. The van der Waals surface area contributed by atoms with Crippen LogP contribution in [0.1, 0.15) is 31.2 Å². The SMILES string of the molecule is O=C(CN1CCOc2ccccc2C1)NC1CCN(C[C@@H]2CCCO2)CC1. The van der Waals surface area contributed by atoms with Gasteiger partial charge in [-0.15, -0.1) is 0 Å². The predicted molar refractivity (Wildman–Crippen MR) is 104 cm³/mol. The smallest absolute Gasteiger partial charge is 0.234 e. The van der Waals surface area contributed by atoms with Crippen LogP contribution in [-0.2, 0) is 16.1 Å². The Labute approximate surface area is 161 Å². The van der Waals surface area contributed by atoms with Gasteiger partial charge in [0, 0.05) is 50.9 Å². The van der Waals surface area contributed by atoms with Crippen molar-refractivity contribution >= 4 is 5.91 Å². The van der Waals surface area contributed by atoms with Gasteiger partial charge in [-0.3, -0.25) is 9.69 Å². The molecular formula is C21H31N3O3. The van der Waals surface area contributed by atoms with Crippen molar-refractivity contribution in [3.63, 3.8) is 0 Å². The van der Waals surface area contributed by atoms with E-state index in [0.29, 0.717) is 25.3 Å². The number of carbonyl (C=O) groups is 1. The van der Waals surface area contributed by atoms with Crippen LogP contribution in [0.5, 0.6) is 5.75 Å². The minimum atomic E-state index is 0.131. The summed E-state index contributed by atoms with van der Waals surface area (Å²) in [6.07, 6.45) is 4.88. The number of carbonyl (C=O) groups excluding carboxylic acids is 1. The molecule has 0 saturated carbocycles. The van der Waals surface area contributed by atoms with Crippen LogP contribution in [0.2, 0.25) is 0 Å². The highest BCUT2D eigenvalue weighted by Crippen LogP contribution is 2.22. The Bertz CT molecular complexity index is 625. The van der Waals surface area contributed by atoms with Gasteiger partial charge in [0.05, 0.1) is 12.6 Å². The molecule has 1 N–H and O–H groups in total. The van der Waals surface area contributed by atoms with Crippen molar-refractivity contribution in [2.24, 2.45) is 0 Å². The van der Waals surface area contributed by atoms with Crippen LogP contribution >= 0.6 is 0 Å². The minimum Gasteiger partial charge on any atom is -0.492 e. The predicted octanol–water partition coefficient (Wildman–Crippen LogP) is 1.64. The summed E-state index contributed by atoms with van der Waals surface area (Å²) in [7, 11) is 0. The fraction of sp³-hybridized carbons (Fsp3) is 0.667. The molecule has 0 bridgehead atoms. The molecule has 3 aliphatic rings. The fourth-order valence-electron chi connectivity index (χ4n) is 4.33. The zero-order valence-electron chi connectivity index (χ0n) is 16.1. The molecule has 4 rings (SSSR count). The van der Waals surface area contributed by atoms with E-state index in [1.807, 2.05) is 18.2 Å². The maximum absolute atomic E-state index is 12.5. The van der Waals surface area contributed by atoms with Crippen LogP contribution in [-0.4, -0.2) is 73.8 Å². The van der Waals surface area contributed by atoms with Gasteiger partial charge in [0.2, 0.25) is 5.91 Å². The van der Waals surface area contributed by atoms with Gasteiger partial charge >= 0.3 is 0 Å². The lowest BCUT2D eigenvalue weighted by molar-refractivity contribution is -0.123. The molecule has 2 fully saturated rings. The summed E-state index contributed by atoms with van der Waals surface area (Å²) in [6.45, 7) is 6.69. The Morgan fingerprint density at radius 2 is 1.93 bits per heavy atom. The number of fused-ring (bicyclic) bond motifs is 1. The molecule has 1 atom stereocenters. The van der Waals surface area contributed by atoms with Gasteiger partial charge in [-0.25, -0.2) is 0 Å². The normalized spacial score (nSPS) is 24.8. The van der Waals surface area contributed by atoms with E-state index >= 15 is 0 Å². The van der Waals surface area contributed by atoms with Gasteiger partial charge in [-0.05, 0) is 31.7 Å². The molecule has 3 heterocycles. The number of nitrogens with one attached hydrogen (secondary N) is 1. The molecule has 6 nitrogen and oxygen atoms in total. The summed E-state index contributed by atoms with van der Waals surface area (Å²) in [6, 6.07) is 8.40. The van der Waals surface area contributed by atoms with Gasteiger partial charge in [0.25, 0.3) is 0 Å². The quantitative estimate of drug-likeness (QED) is 0.850. The summed E-state index contributed by atoms with van der Waals surface area (Å²) < 4.78 is 11.5. The van der Waals surface area contributed by atoms with Gasteiger partial charge in [-0.1, -0.05) is 18.2 Å². The van der Waals surface area contributed by atoms with Crippen molar-refractivity contribution in [1.82, 2.24) is 15.1 Å². The number of para-hydroxylation sites is 1. The second-order valence-corrected chi connectivity index (χ2v) is 7.94. The largest absolute Gasteiger partial charge is 0.492 e. The Balaban J connectivity index is 1.20. The highest BCUT2D eigenvalue weighted by molar-refractivity contribution is 5.78. The van der Waals surface area contributed by atoms with Crippen molar-refractivity contribution in [3.8, 4) is 5.75 Å². The first kappa shape index (κ1) is 18.7. The van der Waals surface area contributed by atoms with Gasteiger partial charge in [0.1, 0.15) is 12.4 Å². The number of hydrogen-bond acceptors (Lipinski definition) is 5. The van der Waals surface area contributed by atoms with E-state index in [9.17, 15) is 4.79 Å². The Kier molecular flexibility index (Phi) is 6.27. The van der Waals surface area contributed by atoms with Crippen LogP contribution in [0.25, 0.3) is 0 Å². The van der Waals surface area contributed by atoms with Crippen LogP contribution in [0, 0.1) is 0 Å². The standard InChI is InChI=1S/C21H31N3O3/c25-21(16-24-11-13-27-20-6-2-1-4-17(20)14-24)22-18-7-9-23(10-8-18)15-19-5-3-12-26-19/h1-2,4,6,18-19H,3,5,7-16H2,(H,22,25)/t19-/m0/s1. The molecule has 3 aliphatic heterocycles. The second-order valence-electron chi connectivity index (χ2n) is 7.94. The number of amides is 1. The maximum atomic E-state index is 12.5. The maximum Gasteiger partial charge on any atom is 0.234 e. The van der Waals surface area contributed by atoms with E-state index in [4.69, 9.17) is 9.47 Å². The van der Waals surface area contributed by atoms with Crippen molar-refractivity contribution < 1.29 is 14.3 Å². The lowest BCUT2D eigenvalue weighted by Gasteiger charge is -2.33. The number of benzene rings is 1. The number of rotatable bonds is 5. The summed E-state index contributed by atoms with van der Waals surface area (Å²) >= 11 is 0. The Morgan fingerprint density at radius 3 is 2.74 bits per heavy atom. The zero-order chi connectivity index (χ0) is 18.5. The van der Waals surface area contributed by atoms with Crippen LogP contribution in [0.4, 0.5) is 0 Å².